The predicted octanol–water partition coefficient (Wildman–Crippen LogP) is 1.75. The van der Waals surface area contributed by atoms with Gasteiger partial charge in [0, 0.05) is 32.8 Å². The van der Waals surface area contributed by atoms with Gasteiger partial charge in [-0.05, 0) is 6.92 Å². The average molecular weight is 284 g/mol. The molecule has 0 aromatic carbocycles. The van der Waals surface area contributed by atoms with Crippen molar-refractivity contribution in [1.82, 2.24) is 20.5 Å². The maximum Gasteiger partial charge on any atom is 0.159 e. The van der Waals surface area contributed by atoms with E-state index in [9.17, 15) is 0 Å². The Kier molecular flexibility index (Phi) is 5.18. The molecule has 98 valence electrons. The zero-order chi connectivity index (χ0) is 12.8. The van der Waals surface area contributed by atoms with Gasteiger partial charge in [0.2, 0.25) is 0 Å². The van der Waals surface area contributed by atoms with Crippen molar-refractivity contribution in [2.45, 2.75) is 13.3 Å². The monoisotopic (exact) mass is 284 g/mol. The van der Waals surface area contributed by atoms with Crippen LogP contribution in [-0.4, -0.2) is 42.0 Å². The Morgan fingerprint density at radius 3 is 2.89 bits per heavy atom. The molecule has 1 N–H and O–H groups in total. The molecule has 0 atom stereocenters. The average Bonchev–Trinajstić information content (AvgIpc) is 2.97. The van der Waals surface area contributed by atoms with E-state index in [4.69, 9.17) is 4.74 Å². The van der Waals surface area contributed by atoms with Crippen LogP contribution >= 0.6 is 22.7 Å². The van der Waals surface area contributed by atoms with E-state index in [0.29, 0.717) is 0 Å². The first-order valence-corrected chi connectivity index (χ1v) is 7.37. The summed E-state index contributed by atoms with van der Waals surface area (Å²) in [4.78, 5) is 5.33. The first-order valence-electron chi connectivity index (χ1n) is 5.74. The molecule has 0 fully saturated rings. The molecule has 2 heterocycles. The van der Waals surface area contributed by atoms with Crippen LogP contribution < -0.4 is 5.32 Å². The Morgan fingerprint density at radius 2 is 2.17 bits per heavy atom. The largest absolute Gasteiger partial charge is 0.383 e. The van der Waals surface area contributed by atoms with Gasteiger partial charge in [0.15, 0.2) is 5.01 Å². The summed E-state index contributed by atoms with van der Waals surface area (Å²) in [5, 5.41) is 14.8. The zero-order valence-corrected chi connectivity index (χ0v) is 12.1. The minimum absolute atomic E-state index is 0.738. The summed E-state index contributed by atoms with van der Waals surface area (Å²) in [6.45, 7) is 4.51. The molecule has 7 heteroatoms. The molecule has 0 unspecified atom stereocenters. The number of aryl methyl sites for hydroxylation is 1. The molecule has 2 aromatic rings. The summed E-state index contributed by atoms with van der Waals surface area (Å²) >= 11 is 3.29. The highest BCUT2D eigenvalue weighted by molar-refractivity contribution is 7.21. The van der Waals surface area contributed by atoms with Crippen molar-refractivity contribution in [3.63, 3.8) is 0 Å². The van der Waals surface area contributed by atoms with Crippen molar-refractivity contribution in [3.05, 3.63) is 16.2 Å². The third kappa shape index (κ3) is 3.81. The van der Waals surface area contributed by atoms with Crippen LogP contribution in [0.2, 0.25) is 0 Å². The topological polar surface area (TPSA) is 59.9 Å². The number of rotatable bonds is 7. The molecule has 0 aliphatic rings. The fourth-order valence-corrected chi connectivity index (χ4v) is 3.06. The Bertz CT molecular complexity index is 483. The van der Waals surface area contributed by atoms with Crippen molar-refractivity contribution < 1.29 is 4.74 Å². The van der Waals surface area contributed by atoms with E-state index in [0.717, 1.165) is 46.0 Å². The molecule has 0 spiro atoms. The highest BCUT2D eigenvalue weighted by atomic mass is 32.1. The lowest BCUT2D eigenvalue weighted by Gasteiger charge is -2.00. The van der Waals surface area contributed by atoms with Crippen LogP contribution in [0.25, 0.3) is 9.88 Å². The quantitative estimate of drug-likeness (QED) is 0.785. The fourth-order valence-electron chi connectivity index (χ4n) is 1.41. The van der Waals surface area contributed by atoms with Crippen LogP contribution in [0.1, 0.15) is 10.0 Å². The number of methoxy groups -OCH3 is 1. The number of ether oxygens (including phenoxy) is 1. The lowest BCUT2D eigenvalue weighted by molar-refractivity contribution is 0.199. The van der Waals surface area contributed by atoms with Crippen LogP contribution in [0.4, 0.5) is 0 Å². The van der Waals surface area contributed by atoms with Gasteiger partial charge in [-0.3, -0.25) is 0 Å². The molecule has 0 amide bonds. The summed E-state index contributed by atoms with van der Waals surface area (Å²) in [7, 11) is 1.70. The van der Waals surface area contributed by atoms with Crippen LogP contribution in [0.3, 0.4) is 0 Å². The second-order valence-corrected chi connectivity index (χ2v) is 6.03. The van der Waals surface area contributed by atoms with Crippen LogP contribution in [0.15, 0.2) is 6.20 Å². The Morgan fingerprint density at radius 1 is 1.28 bits per heavy atom. The molecular weight excluding hydrogens is 268 g/mol. The lowest BCUT2D eigenvalue weighted by atomic mass is 10.4. The second-order valence-electron chi connectivity index (χ2n) is 3.74. The number of nitrogens with one attached hydrogen (secondary N) is 1. The highest BCUT2D eigenvalue weighted by Crippen LogP contribution is 2.28. The van der Waals surface area contributed by atoms with Crippen molar-refractivity contribution >= 4 is 22.7 Å². The van der Waals surface area contributed by atoms with Gasteiger partial charge in [0.05, 0.1) is 16.5 Å². The van der Waals surface area contributed by atoms with E-state index in [1.165, 1.54) is 0 Å². The van der Waals surface area contributed by atoms with Crippen molar-refractivity contribution in [2.24, 2.45) is 0 Å². The van der Waals surface area contributed by atoms with Gasteiger partial charge in [-0.25, -0.2) is 4.98 Å². The summed E-state index contributed by atoms with van der Waals surface area (Å²) in [5.41, 5.74) is 0. The molecule has 2 aromatic heterocycles. The van der Waals surface area contributed by atoms with E-state index in [-0.39, 0.29) is 0 Å². The van der Waals surface area contributed by atoms with Gasteiger partial charge in [-0.1, -0.05) is 11.3 Å². The Hall–Kier alpha value is -0.890. The minimum atomic E-state index is 0.738. The van der Waals surface area contributed by atoms with Gasteiger partial charge < -0.3 is 10.1 Å². The summed E-state index contributed by atoms with van der Waals surface area (Å²) in [5.74, 6) is 0. The van der Waals surface area contributed by atoms with Gasteiger partial charge in [0.1, 0.15) is 5.01 Å². The normalized spacial score (nSPS) is 11.0. The standard InChI is InChI=1S/C11H16N4OS2/c1-8-13-7-9(17-8)11-15-14-10(18-11)3-4-12-5-6-16-2/h7,12H,3-6H2,1-2H3. The maximum absolute atomic E-state index is 4.96. The number of nitrogens with zero attached hydrogens (tertiary/aromatic N) is 3. The Balaban J connectivity index is 1.83. The summed E-state index contributed by atoms with van der Waals surface area (Å²) in [6.07, 6.45) is 2.76. The summed E-state index contributed by atoms with van der Waals surface area (Å²) < 4.78 is 4.96. The molecule has 0 aliphatic carbocycles. The van der Waals surface area contributed by atoms with E-state index in [1.54, 1.807) is 29.8 Å². The smallest absolute Gasteiger partial charge is 0.159 e. The molecule has 0 saturated heterocycles. The minimum Gasteiger partial charge on any atom is -0.383 e. The fraction of sp³-hybridized carbons (Fsp3) is 0.545. The highest BCUT2D eigenvalue weighted by Gasteiger charge is 2.08. The second kappa shape index (κ2) is 6.89. The lowest BCUT2D eigenvalue weighted by Crippen LogP contribution is -2.21. The van der Waals surface area contributed by atoms with Crippen molar-refractivity contribution in [2.75, 3.05) is 26.8 Å². The van der Waals surface area contributed by atoms with Gasteiger partial charge in [-0.2, -0.15) is 0 Å². The molecule has 2 rings (SSSR count). The van der Waals surface area contributed by atoms with E-state index >= 15 is 0 Å². The molecule has 18 heavy (non-hydrogen) atoms. The number of hydrogen-bond donors (Lipinski definition) is 1. The molecule has 0 bridgehead atoms. The SMILES string of the molecule is COCCNCCc1nnc(-c2cnc(C)s2)s1. The van der Waals surface area contributed by atoms with E-state index in [1.807, 2.05) is 13.1 Å². The van der Waals surface area contributed by atoms with Crippen LogP contribution in [0, 0.1) is 6.92 Å². The van der Waals surface area contributed by atoms with Gasteiger partial charge in [0.25, 0.3) is 0 Å². The van der Waals surface area contributed by atoms with Crippen LogP contribution in [-0.2, 0) is 11.2 Å². The molecular formula is C11H16N4OS2. The Labute approximate surface area is 114 Å². The molecule has 0 radical (unpaired) electrons. The number of hydrogen-bond acceptors (Lipinski definition) is 7. The van der Waals surface area contributed by atoms with E-state index in [2.05, 4.69) is 20.5 Å². The number of thiazole rings is 1. The first-order chi connectivity index (χ1) is 8.79. The summed E-state index contributed by atoms with van der Waals surface area (Å²) in [6, 6.07) is 0. The first kappa shape index (κ1) is 13.5. The third-order valence-electron chi connectivity index (χ3n) is 2.30. The van der Waals surface area contributed by atoms with Gasteiger partial charge >= 0.3 is 0 Å². The maximum atomic E-state index is 4.96. The molecule has 0 saturated carbocycles. The van der Waals surface area contributed by atoms with E-state index < -0.39 is 0 Å². The van der Waals surface area contributed by atoms with Crippen LogP contribution in [0.5, 0.6) is 0 Å². The zero-order valence-electron chi connectivity index (χ0n) is 10.5. The number of aromatic nitrogens is 3. The third-order valence-corrected chi connectivity index (χ3v) is 4.36. The predicted molar refractivity (Wildman–Crippen MR) is 74.2 cm³/mol. The van der Waals surface area contributed by atoms with Crippen molar-refractivity contribution in [3.8, 4) is 9.88 Å². The van der Waals surface area contributed by atoms with Gasteiger partial charge in [-0.15, -0.1) is 21.5 Å². The molecule has 0 aliphatic heterocycles. The molecule has 5 nitrogen and oxygen atoms in total. The van der Waals surface area contributed by atoms with Crippen molar-refractivity contribution in [1.29, 1.82) is 0 Å².